The highest BCUT2D eigenvalue weighted by atomic mass is 35.5. The highest BCUT2D eigenvalue weighted by molar-refractivity contribution is 6.31. The van der Waals surface area contributed by atoms with E-state index in [9.17, 15) is 4.79 Å². The predicted octanol–water partition coefficient (Wildman–Crippen LogP) is 2.58. The molecule has 0 radical (unpaired) electrons. The van der Waals surface area contributed by atoms with Gasteiger partial charge in [0.05, 0.1) is 6.04 Å². The summed E-state index contributed by atoms with van der Waals surface area (Å²) < 4.78 is 0. The number of carbonyl (C=O) groups excluding carboxylic acids is 1. The molecule has 0 spiro atoms. The maximum Gasteiger partial charge on any atom is 0.153 e. The predicted molar refractivity (Wildman–Crippen MR) is 63.0 cm³/mol. The summed E-state index contributed by atoms with van der Waals surface area (Å²) in [6, 6.07) is 7.02. The van der Waals surface area contributed by atoms with Crippen LogP contribution in [0.25, 0.3) is 0 Å². The molecule has 2 nitrogen and oxygen atoms in total. The van der Waals surface area contributed by atoms with E-state index >= 15 is 0 Å². The van der Waals surface area contributed by atoms with Crippen molar-refractivity contribution in [2.24, 2.45) is 5.73 Å². The van der Waals surface area contributed by atoms with E-state index < -0.39 is 0 Å². The van der Waals surface area contributed by atoms with Gasteiger partial charge in [-0.25, -0.2) is 0 Å². The zero-order valence-corrected chi connectivity index (χ0v) is 9.63. The van der Waals surface area contributed by atoms with Crippen molar-refractivity contribution in [2.45, 2.75) is 32.2 Å². The van der Waals surface area contributed by atoms with Crippen LogP contribution in [0.15, 0.2) is 24.3 Å². The maximum atomic E-state index is 11.7. The van der Waals surface area contributed by atoms with Crippen molar-refractivity contribution < 1.29 is 4.79 Å². The molecule has 1 rings (SSSR count). The fourth-order valence-corrected chi connectivity index (χ4v) is 1.64. The standard InChI is InChI=1S/C12H16ClNO/c1-2-5-11(14)12(15)8-9-6-3-4-7-10(9)13/h3-4,6-7,11H,2,5,8,14H2,1H3. The van der Waals surface area contributed by atoms with E-state index in [1.807, 2.05) is 25.1 Å². The van der Waals surface area contributed by atoms with Crippen LogP contribution in [-0.2, 0) is 11.2 Å². The van der Waals surface area contributed by atoms with Crippen molar-refractivity contribution in [2.75, 3.05) is 0 Å². The summed E-state index contributed by atoms with van der Waals surface area (Å²) in [6.45, 7) is 2.02. The highest BCUT2D eigenvalue weighted by Gasteiger charge is 2.13. The fourth-order valence-electron chi connectivity index (χ4n) is 1.43. The molecule has 1 aromatic rings. The highest BCUT2D eigenvalue weighted by Crippen LogP contribution is 2.16. The number of carbonyl (C=O) groups is 1. The van der Waals surface area contributed by atoms with Crippen LogP contribution in [0, 0.1) is 0 Å². The molecule has 0 amide bonds. The van der Waals surface area contributed by atoms with Crippen LogP contribution in [0.5, 0.6) is 0 Å². The second-order valence-electron chi connectivity index (χ2n) is 3.63. The lowest BCUT2D eigenvalue weighted by Gasteiger charge is -2.09. The van der Waals surface area contributed by atoms with Crippen molar-refractivity contribution in [1.29, 1.82) is 0 Å². The Kier molecular flexibility index (Phi) is 4.79. The molecule has 15 heavy (non-hydrogen) atoms. The summed E-state index contributed by atoms with van der Waals surface area (Å²) in [4.78, 5) is 11.7. The Hall–Kier alpha value is -0.860. The van der Waals surface area contributed by atoms with Crippen molar-refractivity contribution in [3.8, 4) is 0 Å². The Morgan fingerprint density at radius 3 is 2.73 bits per heavy atom. The van der Waals surface area contributed by atoms with Crippen LogP contribution < -0.4 is 5.73 Å². The molecule has 0 bridgehead atoms. The lowest BCUT2D eigenvalue weighted by Crippen LogP contribution is -2.31. The number of ketones is 1. The minimum atomic E-state index is -0.355. The second-order valence-corrected chi connectivity index (χ2v) is 4.04. The van der Waals surface area contributed by atoms with Crippen LogP contribution in [0.2, 0.25) is 5.02 Å². The average Bonchev–Trinajstić information content (AvgIpc) is 2.21. The van der Waals surface area contributed by atoms with Gasteiger partial charge in [-0.3, -0.25) is 4.79 Å². The molecular formula is C12H16ClNO. The summed E-state index contributed by atoms with van der Waals surface area (Å²) in [5, 5.41) is 0.634. The summed E-state index contributed by atoms with van der Waals surface area (Å²) in [5.74, 6) is 0.0601. The summed E-state index contributed by atoms with van der Waals surface area (Å²) in [6.07, 6.45) is 2.00. The van der Waals surface area contributed by atoms with Crippen LogP contribution in [0.4, 0.5) is 0 Å². The van der Waals surface area contributed by atoms with Gasteiger partial charge in [-0.15, -0.1) is 0 Å². The van der Waals surface area contributed by atoms with Gasteiger partial charge in [0.15, 0.2) is 5.78 Å². The number of Topliss-reactive ketones (excluding diaryl/α,β-unsaturated/α-hetero) is 1. The van der Waals surface area contributed by atoms with Gasteiger partial charge in [0.1, 0.15) is 0 Å². The molecule has 82 valence electrons. The average molecular weight is 226 g/mol. The first-order valence-electron chi connectivity index (χ1n) is 5.16. The van der Waals surface area contributed by atoms with Gasteiger partial charge in [0, 0.05) is 11.4 Å². The minimum absolute atomic E-state index is 0.0601. The quantitative estimate of drug-likeness (QED) is 0.837. The fraction of sp³-hybridized carbons (Fsp3) is 0.417. The Morgan fingerprint density at radius 2 is 2.13 bits per heavy atom. The molecule has 0 fully saturated rings. The van der Waals surface area contributed by atoms with Crippen molar-refractivity contribution in [3.05, 3.63) is 34.9 Å². The Bertz CT molecular complexity index is 338. The molecule has 0 aromatic heterocycles. The van der Waals surface area contributed by atoms with E-state index in [1.54, 1.807) is 6.07 Å². The third-order valence-electron chi connectivity index (χ3n) is 2.34. The maximum absolute atomic E-state index is 11.7. The normalized spacial score (nSPS) is 12.5. The van der Waals surface area contributed by atoms with E-state index in [-0.39, 0.29) is 11.8 Å². The Balaban J connectivity index is 2.62. The zero-order chi connectivity index (χ0) is 11.3. The van der Waals surface area contributed by atoms with Crippen LogP contribution in [0.1, 0.15) is 25.3 Å². The van der Waals surface area contributed by atoms with E-state index in [0.717, 1.165) is 18.4 Å². The number of halogens is 1. The summed E-state index contributed by atoms with van der Waals surface area (Å²) >= 11 is 5.96. The van der Waals surface area contributed by atoms with Crippen molar-refractivity contribution in [1.82, 2.24) is 0 Å². The first kappa shape index (κ1) is 12.2. The van der Waals surface area contributed by atoms with Gasteiger partial charge in [-0.05, 0) is 18.1 Å². The number of hydrogen-bond acceptors (Lipinski definition) is 2. The van der Waals surface area contributed by atoms with Crippen molar-refractivity contribution in [3.63, 3.8) is 0 Å². The lowest BCUT2D eigenvalue weighted by molar-refractivity contribution is -0.119. The van der Waals surface area contributed by atoms with Gasteiger partial charge in [-0.2, -0.15) is 0 Å². The molecule has 1 atom stereocenters. The summed E-state index contributed by atoms with van der Waals surface area (Å²) in [7, 11) is 0. The van der Waals surface area contributed by atoms with E-state index in [4.69, 9.17) is 17.3 Å². The molecular weight excluding hydrogens is 210 g/mol. The third kappa shape index (κ3) is 3.65. The number of rotatable bonds is 5. The Labute approximate surface area is 95.4 Å². The van der Waals surface area contributed by atoms with E-state index in [2.05, 4.69) is 0 Å². The van der Waals surface area contributed by atoms with Gasteiger partial charge in [0.25, 0.3) is 0 Å². The monoisotopic (exact) mass is 225 g/mol. The largest absolute Gasteiger partial charge is 0.321 e. The van der Waals surface area contributed by atoms with Crippen LogP contribution in [-0.4, -0.2) is 11.8 Å². The van der Waals surface area contributed by atoms with Crippen molar-refractivity contribution >= 4 is 17.4 Å². The first-order valence-corrected chi connectivity index (χ1v) is 5.54. The molecule has 1 unspecified atom stereocenters. The zero-order valence-electron chi connectivity index (χ0n) is 8.87. The van der Waals surface area contributed by atoms with Gasteiger partial charge in [0.2, 0.25) is 0 Å². The lowest BCUT2D eigenvalue weighted by atomic mass is 10.0. The molecule has 0 heterocycles. The van der Waals surface area contributed by atoms with E-state index in [0.29, 0.717) is 11.4 Å². The molecule has 0 saturated heterocycles. The van der Waals surface area contributed by atoms with Gasteiger partial charge in [-0.1, -0.05) is 43.1 Å². The van der Waals surface area contributed by atoms with E-state index in [1.165, 1.54) is 0 Å². The van der Waals surface area contributed by atoms with Crippen LogP contribution in [0.3, 0.4) is 0 Å². The van der Waals surface area contributed by atoms with Crippen LogP contribution >= 0.6 is 11.6 Å². The SMILES string of the molecule is CCCC(N)C(=O)Cc1ccccc1Cl. The summed E-state index contributed by atoms with van der Waals surface area (Å²) in [5.41, 5.74) is 6.59. The molecule has 2 N–H and O–H groups in total. The number of hydrogen-bond donors (Lipinski definition) is 1. The van der Waals surface area contributed by atoms with Gasteiger partial charge < -0.3 is 5.73 Å². The first-order chi connectivity index (χ1) is 7.15. The Morgan fingerprint density at radius 1 is 1.47 bits per heavy atom. The third-order valence-corrected chi connectivity index (χ3v) is 2.70. The molecule has 0 aliphatic carbocycles. The molecule has 1 aromatic carbocycles. The second kappa shape index (κ2) is 5.89. The molecule has 0 aliphatic rings. The smallest absolute Gasteiger partial charge is 0.153 e. The molecule has 3 heteroatoms. The minimum Gasteiger partial charge on any atom is -0.321 e. The topological polar surface area (TPSA) is 43.1 Å². The number of nitrogens with two attached hydrogens (primary N) is 1. The molecule has 0 saturated carbocycles. The molecule has 0 aliphatic heterocycles. The number of benzene rings is 1. The van der Waals surface area contributed by atoms with Gasteiger partial charge >= 0.3 is 0 Å².